The first-order chi connectivity index (χ1) is 9.65. The minimum Gasteiger partial charge on any atom is -0.399 e. The molecular formula is C14H18N6. The standard InChI is InChI=1S/C14H18N6/c1-10(2)14-17-12-9-11(15)3-4-13(12)20(14)8-7-19-6-5-16-18-19/h3-6,9-10H,7-8,15H2,1-2H3. The molecule has 0 aliphatic carbocycles. The number of rotatable bonds is 4. The van der Waals surface area contributed by atoms with Gasteiger partial charge in [-0.2, -0.15) is 0 Å². The van der Waals surface area contributed by atoms with Crippen molar-refractivity contribution in [2.75, 3.05) is 5.73 Å². The molecule has 3 aromatic rings. The number of hydrogen-bond acceptors (Lipinski definition) is 4. The summed E-state index contributed by atoms with van der Waals surface area (Å²) in [6.07, 6.45) is 3.56. The average Bonchev–Trinajstić information content (AvgIpc) is 3.02. The molecule has 2 heterocycles. The molecule has 0 spiro atoms. The Kier molecular flexibility index (Phi) is 3.14. The number of aryl methyl sites for hydroxylation is 2. The molecule has 0 aliphatic rings. The number of hydrogen-bond donors (Lipinski definition) is 1. The first kappa shape index (κ1) is 12.7. The van der Waals surface area contributed by atoms with Gasteiger partial charge in [0.25, 0.3) is 0 Å². The van der Waals surface area contributed by atoms with Gasteiger partial charge in [-0.25, -0.2) is 4.98 Å². The van der Waals surface area contributed by atoms with Crippen LogP contribution in [0, 0.1) is 0 Å². The van der Waals surface area contributed by atoms with E-state index in [2.05, 4.69) is 28.7 Å². The fourth-order valence-electron chi connectivity index (χ4n) is 2.40. The summed E-state index contributed by atoms with van der Waals surface area (Å²) in [6, 6.07) is 5.87. The molecule has 20 heavy (non-hydrogen) atoms. The van der Waals surface area contributed by atoms with Crippen molar-refractivity contribution in [3.05, 3.63) is 36.4 Å². The lowest BCUT2D eigenvalue weighted by molar-refractivity contribution is 0.508. The van der Waals surface area contributed by atoms with Crippen LogP contribution in [0.4, 0.5) is 5.69 Å². The molecule has 0 radical (unpaired) electrons. The first-order valence-electron chi connectivity index (χ1n) is 6.75. The smallest absolute Gasteiger partial charge is 0.112 e. The van der Waals surface area contributed by atoms with Gasteiger partial charge >= 0.3 is 0 Å². The van der Waals surface area contributed by atoms with E-state index in [1.165, 1.54) is 0 Å². The maximum Gasteiger partial charge on any atom is 0.112 e. The van der Waals surface area contributed by atoms with Gasteiger partial charge < -0.3 is 10.3 Å². The number of imidazole rings is 1. The summed E-state index contributed by atoms with van der Waals surface area (Å²) in [5, 5.41) is 7.82. The van der Waals surface area contributed by atoms with Crippen molar-refractivity contribution in [3.63, 3.8) is 0 Å². The molecule has 0 bridgehead atoms. The molecule has 0 unspecified atom stereocenters. The molecule has 0 aliphatic heterocycles. The third-order valence-electron chi connectivity index (χ3n) is 3.34. The molecule has 0 amide bonds. The monoisotopic (exact) mass is 270 g/mol. The zero-order chi connectivity index (χ0) is 14.1. The lowest BCUT2D eigenvalue weighted by Crippen LogP contribution is -2.11. The quantitative estimate of drug-likeness (QED) is 0.736. The SMILES string of the molecule is CC(C)c1nc2cc(N)ccc2n1CCn1ccnn1. The lowest BCUT2D eigenvalue weighted by Gasteiger charge is -2.11. The second-order valence-electron chi connectivity index (χ2n) is 5.19. The van der Waals surface area contributed by atoms with Crippen LogP contribution in [-0.2, 0) is 13.1 Å². The van der Waals surface area contributed by atoms with Crippen molar-refractivity contribution >= 4 is 16.7 Å². The number of fused-ring (bicyclic) bond motifs is 1. The van der Waals surface area contributed by atoms with Crippen LogP contribution in [0.1, 0.15) is 25.6 Å². The fraction of sp³-hybridized carbons (Fsp3) is 0.357. The summed E-state index contributed by atoms with van der Waals surface area (Å²) in [4.78, 5) is 4.71. The van der Waals surface area contributed by atoms with Gasteiger partial charge in [0.15, 0.2) is 0 Å². The van der Waals surface area contributed by atoms with E-state index in [1.54, 1.807) is 6.20 Å². The largest absolute Gasteiger partial charge is 0.399 e. The van der Waals surface area contributed by atoms with Gasteiger partial charge in [-0.05, 0) is 18.2 Å². The van der Waals surface area contributed by atoms with Crippen LogP contribution in [0.25, 0.3) is 11.0 Å². The van der Waals surface area contributed by atoms with Gasteiger partial charge in [-0.15, -0.1) is 5.10 Å². The van der Waals surface area contributed by atoms with Crippen molar-refractivity contribution in [3.8, 4) is 0 Å². The second kappa shape index (κ2) is 4.96. The Balaban J connectivity index is 2.00. The minimum absolute atomic E-state index is 0.361. The normalized spacial score (nSPS) is 11.6. The summed E-state index contributed by atoms with van der Waals surface area (Å²) in [5.74, 6) is 1.44. The topological polar surface area (TPSA) is 74.5 Å². The molecule has 6 heteroatoms. The molecule has 1 aromatic carbocycles. The Hall–Kier alpha value is -2.37. The van der Waals surface area contributed by atoms with Gasteiger partial charge in [-0.1, -0.05) is 19.1 Å². The molecule has 2 aromatic heterocycles. The van der Waals surface area contributed by atoms with Crippen molar-refractivity contribution in [1.82, 2.24) is 24.5 Å². The summed E-state index contributed by atoms with van der Waals surface area (Å²) >= 11 is 0. The zero-order valence-corrected chi connectivity index (χ0v) is 11.7. The molecule has 0 saturated carbocycles. The van der Waals surface area contributed by atoms with E-state index in [0.717, 1.165) is 35.6 Å². The van der Waals surface area contributed by atoms with Gasteiger partial charge in [0, 0.05) is 24.3 Å². The minimum atomic E-state index is 0.361. The summed E-state index contributed by atoms with van der Waals surface area (Å²) < 4.78 is 4.06. The molecule has 2 N–H and O–H groups in total. The number of aromatic nitrogens is 5. The third kappa shape index (κ3) is 2.24. The first-order valence-corrected chi connectivity index (χ1v) is 6.75. The van der Waals surface area contributed by atoms with E-state index in [0.29, 0.717) is 5.92 Å². The zero-order valence-electron chi connectivity index (χ0n) is 11.7. The molecule has 3 rings (SSSR count). The van der Waals surface area contributed by atoms with Gasteiger partial charge in [0.05, 0.1) is 23.8 Å². The predicted molar refractivity (Wildman–Crippen MR) is 78.3 cm³/mol. The second-order valence-corrected chi connectivity index (χ2v) is 5.19. The van der Waals surface area contributed by atoms with Crippen molar-refractivity contribution in [1.29, 1.82) is 0 Å². The van der Waals surface area contributed by atoms with E-state index >= 15 is 0 Å². The maximum atomic E-state index is 5.84. The highest BCUT2D eigenvalue weighted by Crippen LogP contribution is 2.23. The highest BCUT2D eigenvalue weighted by molar-refractivity contribution is 5.79. The summed E-state index contributed by atoms with van der Waals surface area (Å²) in [6.45, 7) is 5.89. The van der Waals surface area contributed by atoms with E-state index in [1.807, 2.05) is 29.1 Å². The Morgan fingerprint density at radius 3 is 2.80 bits per heavy atom. The lowest BCUT2D eigenvalue weighted by atomic mass is 10.2. The van der Waals surface area contributed by atoms with Gasteiger partial charge in [0.1, 0.15) is 5.82 Å². The molecule has 6 nitrogen and oxygen atoms in total. The third-order valence-corrected chi connectivity index (χ3v) is 3.34. The maximum absolute atomic E-state index is 5.84. The number of nitrogens with zero attached hydrogens (tertiary/aromatic N) is 5. The van der Waals surface area contributed by atoms with Crippen LogP contribution in [0.5, 0.6) is 0 Å². The van der Waals surface area contributed by atoms with E-state index in [4.69, 9.17) is 10.7 Å². The Morgan fingerprint density at radius 1 is 1.25 bits per heavy atom. The number of nitrogens with two attached hydrogens (primary N) is 1. The van der Waals surface area contributed by atoms with Crippen LogP contribution < -0.4 is 5.73 Å². The molecular weight excluding hydrogens is 252 g/mol. The summed E-state index contributed by atoms with van der Waals surface area (Å²) in [7, 11) is 0. The van der Waals surface area contributed by atoms with Crippen LogP contribution in [0.3, 0.4) is 0 Å². The van der Waals surface area contributed by atoms with Crippen molar-refractivity contribution < 1.29 is 0 Å². The molecule has 0 saturated heterocycles. The Bertz CT molecular complexity index is 711. The highest BCUT2D eigenvalue weighted by Gasteiger charge is 2.13. The van der Waals surface area contributed by atoms with Crippen LogP contribution in [0.15, 0.2) is 30.6 Å². The number of nitrogen functional groups attached to an aromatic ring is 1. The number of anilines is 1. The van der Waals surface area contributed by atoms with Crippen LogP contribution in [0.2, 0.25) is 0 Å². The summed E-state index contributed by atoms with van der Waals surface area (Å²) in [5.41, 5.74) is 8.65. The van der Waals surface area contributed by atoms with Crippen LogP contribution in [-0.4, -0.2) is 24.5 Å². The Morgan fingerprint density at radius 2 is 2.10 bits per heavy atom. The molecule has 0 atom stereocenters. The van der Waals surface area contributed by atoms with Gasteiger partial charge in [0.2, 0.25) is 0 Å². The van der Waals surface area contributed by atoms with Crippen molar-refractivity contribution in [2.45, 2.75) is 32.9 Å². The van der Waals surface area contributed by atoms with E-state index in [-0.39, 0.29) is 0 Å². The van der Waals surface area contributed by atoms with Crippen LogP contribution >= 0.6 is 0 Å². The van der Waals surface area contributed by atoms with E-state index in [9.17, 15) is 0 Å². The van der Waals surface area contributed by atoms with Crippen molar-refractivity contribution in [2.24, 2.45) is 0 Å². The Labute approximate surface area is 117 Å². The van der Waals surface area contributed by atoms with Gasteiger partial charge in [-0.3, -0.25) is 4.68 Å². The molecule has 0 fully saturated rings. The average molecular weight is 270 g/mol. The predicted octanol–water partition coefficient (Wildman–Crippen LogP) is 2.03. The van der Waals surface area contributed by atoms with E-state index < -0.39 is 0 Å². The highest BCUT2D eigenvalue weighted by atomic mass is 15.4. The number of benzene rings is 1. The molecule has 104 valence electrons. The fourth-order valence-corrected chi connectivity index (χ4v) is 2.40.